The van der Waals surface area contributed by atoms with Gasteiger partial charge in [-0.1, -0.05) is 27.2 Å². The van der Waals surface area contributed by atoms with Crippen LogP contribution in [0.5, 0.6) is 5.75 Å². The maximum atomic E-state index is 5.65. The van der Waals surface area contributed by atoms with Crippen molar-refractivity contribution < 1.29 is 9.15 Å². The molecule has 2 rings (SSSR count). The second-order valence-electron chi connectivity index (χ2n) is 5.41. The summed E-state index contributed by atoms with van der Waals surface area (Å²) in [6.07, 6.45) is 3.92. The van der Waals surface area contributed by atoms with Crippen LogP contribution in [0.1, 0.15) is 39.3 Å². The van der Waals surface area contributed by atoms with E-state index < -0.39 is 0 Å². The predicted molar refractivity (Wildman–Crippen MR) is 84.3 cm³/mol. The molecule has 0 bridgehead atoms. The second-order valence-corrected chi connectivity index (χ2v) is 5.41. The molecule has 21 heavy (non-hydrogen) atoms. The Hall–Kier alpha value is -1.81. The molecule has 0 aliphatic heterocycles. The van der Waals surface area contributed by atoms with Crippen molar-refractivity contribution in [2.45, 2.75) is 46.2 Å². The number of hydrogen-bond acceptors (Lipinski definition) is 4. The molecule has 1 aromatic carbocycles. The van der Waals surface area contributed by atoms with Crippen molar-refractivity contribution in [3.8, 4) is 17.2 Å². The van der Waals surface area contributed by atoms with Crippen LogP contribution in [0.3, 0.4) is 0 Å². The van der Waals surface area contributed by atoms with E-state index >= 15 is 0 Å². The Kier molecular flexibility index (Phi) is 5.81. The Bertz CT molecular complexity index is 532. The monoisotopic (exact) mass is 288 g/mol. The molecule has 4 nitrogen and oxygen atoms in total. The summed E-state index contributed by atoms with van der Waals surface area (Å²) >= 11 is 0. The molecule has 0 saturated carbocycles. The van der Waals surface area contributed by atoms with Gasteiger partial charge in [-0.15, -0.1) is 0 Å². The van der Waals surface area contributed by atoms with E-state index in [1.807, 2.05) is 24.3 Å². The quantitative estimate of drug-likeness (QED) is 0.745. The first-order valence-electron chi connectivity index (χ1n) is 7.60. The van der Waals surface area contributed by atoms with Crippen LogP contribution in [0.2, 0.25) is 0 Å². The van der Waals surface area contributed by atoms with Crippen LogP contribution < -0.4 is 10.1 Å². The summed E-state index contributed by atoms with van der Waals surface area (Å²) in [5.41, 5.74) is 1.88. The van der Waals surface area contributed by atoms with Crippen LogP contribution in [0, 0.1) is 0 Å². The number of unbranched alkanes of at least 4 members (excludes halogenated alkanes) is 1. The SMILES string of the molecule is CCCCOc1ccc(-c2nc(CNC(C)C)co2)cc1. The lowest BCUT2D eigenvalue weighted by molar-refractivity contribution is 0.309. The maximum absolute atomic E-state index is 5.65. The standard InChI is InChI=1S/C17H24N2O2/c1-4-5-10-20-16-8-6-14(7-9-16)17-19-15(12-21-17)11-18-13(2)3/h6-9,12-13,18H,4-5,10-11H2,1-3H3. The van der Waals surface area contributed by atoms with Crippen molar-refractivity contribution in [2.75, 3.05) is 6.61 Å². The van der Waals surface area contributed by atoms with Crippen LogP contribution in [-0.4, -0.2) is 17.6 Å². The fourth-order valence-electron chi connectivity index (χ4n) is 1.86. The zero-order chi connectivity index (χ0) is 15.1. The summed E-state index contributed by atoms with van der Waals surface area (Å²) in [6, 6.07) is 8.31. The summed E-state index contributed by atoms with van der Waals surface area (Å²) in [5, 5.41) is 3.32. The molecule has 0 aliphatic carbocycles. The predicted octanol–water partition coefficient (Wildman–Crippen LogP) is 4.02. The third-order valence-corrected chi connectivity index (χ3v) is 3.11. The summed E-state index contributed by atoms with van der Waals surface area (Å²) < 4.78 is 11.2. The Labute approximate surface area is 126 Å². The fourth-order valence-corrected chi connectivity index (χ4v) is 1.86. The summed E-state index contributed by atoms with van der Waals surface area (Å²) in [5.74, 6) is 1.54. The molecule has 1 heterocycles. The molecule has 0 radical (unpaired) electrons. The number of aromatic nitrogens is 1. The van der Waals surface area contributed by atoms with E-state index in [-0.39, 0.29) is 0 Å². The van der Waals surface area contributed by atoms with Gasteiger partial charge in [-0.2, -0.15) is 0 Å². The largest absolute Gasteiger partial charge is 0.494 e. The molecule has 0 atom stereocenters. The van der Waals surface area contributed by atoms with E-state index in [1.54, 1.807) is 6.26 Å². The summed E-state index contributed by atoms with van der Waals surface area (Å²) in [6.45, 7) is 7.86. The van der Waals surface area contributed by atoms with Crippen molar-refractivity contribution >= 4 is 0 Å². The minimum atomic E-state index is 0.435. The zero-order valence-corrected chi connectivity index (χ0v) is 13.1. The van der Waals surface area contributed by atoms with Crippen LogP contribution in [0.4, 0.5) is 0 Å². The summed E-state index contributed by atoms with van der Waals surface area (Å²) in [7, 11) is 0. The molecule has 1 N–H and O–H groups in total. The number of ether oxygens (including phenoxy) is 1. The van der Waals surface area contributed by atoms with Gasteiger partial charge in [0, 0.05) is 18.2 Å². The molecule has 0 saturated heterocycles. The molecule has 0 fully saturated rings. The normalized spacial score (nSPS) is 11.0. The lowest BCUT2D eigenvalue weighted by Crippen LogP contribution is -2.21. The van der Waals surface area contributed by atoms with Crippen molar-refractivity contribution in [1.29, 1.82) is 0 Å². The van der Waals surface area contributed by atoms with Crippen molar-refractivity contribution in [3.05, 3.63) is 36.2 Å². The number of rotatable bonds is 8. The minimum Gasteiger partial charge on any atom is -0.494 e. The van der Waals surface area contributed by atoms with Gasteiger partial charge in [0.25, 0.3) is 0 Å². The van der Waals surface area contributed by atoms with Gasteiger partial charge in [0.1, 0.15) is 12.0 Å². The van der Waals surface area contributed by atoms with Gasteiger partial charge in [-0.05, 0) is 30.7 Å². The van der Waals surface area contributed by atoms with Gasteiger partial charge in [0.2, 0.25) is 5.89 Å². The van der Waals surface area contributed by atoms with Gasteiger partial charge in [-0.25, -0.2) is 4.98 Å². The average Bonchev–Trinajstić information content (AvgIpc) is 2.95. The van der Waals surface area contributed by atoms with Gasteiger partial charge < -0.3 is 14.5 Å². The maximum Gasteiger partial charge on any atom is 0.226 e. The molecule has 4 heteroatoms. The van der Waals surface area contributed by atoms with E-state index in [9.17, 15) is 0 Å². The highest BCUT2D eigenvalue weighted by molar-refractivity contribution is 5.54. The molecule has 1 aromatic heterocycles. The Morgan fingerprint density at radius 2 is 2.00 bits per heavy atom. The minimum absolute atomic E-state index is 0.435. The number of oxazole rings is 1. The lowest BCUT2D eigenvalue weighted by atomic mass is 10.2. The van der Waals surface area contributed by atoms with Gasteiger partial charge >= 0.3 is 0 Å². The zero-order valence-electron chi connectivity index (χ0n) is 13.1. The van der Waals surface area contributed by atoms with Crippen LogP contribution in [0.25, 0.3) is 11.5 Å². The third kappa shape index (κ3) is 4.90. The molecule has 2 aromatic rings. The van der Waals surface area contributed by atoms with E-state index in [2.05, 4.69) is 31.1 Å². The molecule has 0 aliphatic rings. The number of nitrogens with zero attached hydrogens (tertiary/aromatic N) is 1. The molecule has 0 unspecified atom stereocenters. The van der Waals surface area contributed by atoms with E-state index in [1.165, 1.54) is 0 Å². The molecular weight excluding hydrogens is 264 g/mol. The van der Waals surface area contributed by atoms with Gasteiger partial charge in [0.05, 0.1) is 12.3 Å². The van der Waals surface area contributed by atoms with E-state index in [4.69, 9.17) is 9.15 Å². The van der Waals surface area contributed by atoms with Gasteiger partial charge in [0.15, 0.2) is 0 Å². The number of benzene rings is 1. The molecule has 0 amide bonds. The molecule has 114 valence electrons. The second kappa shape index (κ2) is 7.84. The molecular formula is C17H24N2O2. The topological polar surface area (TPSA) is 47.3 Å². The molecule has 0 spiro atoms. The van der Waals surface area contributed by atoms with Crippen LogP contribution >= 0.6 is 0 Å². The lowest BCUT2D eigenvalue weighted by Gasteiger charge is -2.05. The first-order valence-corrected chi connectivity index (χ1v) is 7.60. The van der Waals surface area contributed by atoms with Crippen LogP contribution in [-0.2, 0) is 6.54 Å². The Morgan fingerprint density at radius 3 is 2.67 bits per heavy atom. The van der Waals surface area contributed by atoms with Gasteiger partial charge in [-0.3, -0.25) is 0 Å². The highest BCUT2D eigenvalue weighted by Crippen LogP contribution is 2.22. The highest BCUT2D eigenvalue weighted by Gasteiger charge is 2.07. The third-order valence-electron chi connectivity index (χ3n) is 3.11. The Balaban J connectivity index is 1.95. The average molecular weight is 288 g/mol. The number of nitrogens with one attached hydrogen (secondary N) is 1. The smallest absolute Gasteiger partial charge is 0.226 e. The summed E-state index contributed by atoms with van der Waals surface area (Å²) in [4.78, 5) is 4.49. The fraction of sp³-hybridized carbons (Fsp3) is 0.471. The van der Waals surface area contributed by atoms with Crippen molar-refractivity contribution in [3.63, 3.8) is 0 Å². The Morgan fingerprint density at radius 1 is 1.24 bits per heavy atom. The van der Waals surface area contributed by atoms with E-state index in [0.29, 0.717) is 11.9 Å². The highest BCUT2D eigenvalue weighted by atomic mass is 16.5. The van der Waals surface area contributed by atoms with E-state index in [0.717, 1.165) is 43.0 Å². The van der Waals surface area contributed by atoms with Crippen LogP contribution in [0.15, 0.2) is 34.9 Å². The number of hydrogen-bond donors (Lipinski definition) is 1. The first kappa shape index (κ1) is 15.6. The van der Waals surface area contributed by atoms with Crippen molar-refractivity contribution in [2.24, 2.45) is 0 Å². The first-order chi connectivity index (χ1) is 10.2. The van der Waals surface area contributed by atoms with Crippen molar-refractivity contribution in [1.82, 2.24) is 10.3 Å².